The van der Waals surface area contributed by atoms with Crippen molar-refractivity contribution in [3.05, 3.63) is 87.5 Å². The van der Waals surface area contributed by atoms with Gasteiger partial charge in [0.05, 0.1) is 20.9 Å². The lowest BCUT2D eigenvalue weighted by atomic mass is 10.1. The lowest BCUT2D eigenvalue weighted by molar-refractivity contribution is -0.384. The fourth-order valence-corrected chi connectivity index (χ4v) is 4.23. The number of nitro benzene ring substituents is 1. The van der Waals surface area contributed by atoms with E-state index in [2.05, 4.69) is 20.0 Å². The van der Waals surface area contributed by atoms with E-state index < -0.39 is 14.9 Å². The van der Waals surface area contributed by atoms with Crippen molar-refractivity contribution in [3.63, 3.8) is 0 Å². The van der Waals surface area contributed by atoms with Crippen molar-refractivity contribution < 1.29 is 13.3 Å². The number of aryl methyl sites for hydroxylation is 3. The third-order valence-corrected chi connectivity index (χ3v) is 6.42. The first-order valence-corrected chi connectivity index (χ1v) is 11.5. The second-order valence-corrected chi connectivity index (χ2v) is 9.40. The second kappa shape index (κ2) is 8.47. The van der Waals surface area contributed by atoms with Gasteiger partial charge in [-0.3, -0.25) is 14.8 Å². The Morgan fingerprint density at radius 1 is 0.818 bits per heavy atom. The molecule has 0 saturated carbocycles. The lowest BCUT2D eigenvalue weighted by Crippen LogP contribution is -2.16. The molecule has 0 saturated heterocycles. The van der Waals surface area contributed by atoms with E-state index in [4.69, 9.17) is 0 Å². The molecule has 0 spiro atoms. The molecule has 4 aromatic rings. The molecule has 0 unspecified atom stereocenters. The van der Waals surface area contributed by atoms with E-state index in [9.17, 15) is 18.5 Å². The van der Waals surface area contributed by atoms with Gasteiger partial charge in [-0.15, -0.1) is 0 Å². The number of benzene rings is 3. The number of nitrogens with one attached hydrogen (secondary N) is 2. The van der Waals surface area contributed by atoms with Crippen LogP contribution in [0, 0.1) is 30.9 Å². The third kappa shape index (κ3) is 4.75. The molecule has 0 fully saturated rings. The molecule has 0 aliphatic heterocycles. The second-order valence-electron chi connectivity index (χ2n) is 7.71. The van der Waals surface area contributed by atoms with Crippen molar-refractivity contribution in [2.75, 3.05) is 10.0 Å². The number of sulfonamides is 1. The Hall–Kier alpha value is -4.05. The minimum atomic E-state index is -3.95. The zero-order valence-corrected chi connectivity index (χ0v) is 19.0. The number of hydrogen-bond donors (Lipinski definition) is 2. The summed E-state index contributed by atoms with van der Waals surface area (Å²) in [7, 11) is -3.95. The Labute approximate surface area is 190 Å². The Morgan fingerprint density at radius 3 is 2.18 bits per heavy atom. The molecule has 1 heterocycles. The number of nitrogens with zero attached hydrogens (tertiary/aromatic N) is 3. The molecule has 33 heavy (non-hydrogen) atoms. The average Bonchev–Trinajstić information content (AvgIpc) is 2.76. The van der Waals surface area contributed by atoms with Crippen molar-refractivity contribution in [1.29, 1.82) is 0 Å². The molecule has 0 bridgehead atoms. The summed E-state index contributed by atoms with van der Waals surface area (Å²) in [5.74, 6) is 0.116. The number of fused-ring (bicyclic) bond motifs is 1. The van der Waals surface area contributed by atoms with Gasteiger partial charge < -0.3 is 5.32 Å². The maximum Gasteiger partial charge on any atom is 0.271 e. The molecule has 0 amide bonds. The van der Waals surface area contributed by atoms with Crippen molar-refractivity contribution >= 4 is 44.1 Å². The normalized spacial score (nSPS) is 11.4. The summed E-state index contributed by atoms with van der Waals surface area (Å²) in [5, 5.41) is 14.3. The molecule has 168 valence electrons. The Balaban J connectivity index is 1.84. The third-order valence-electron chi connectivity index (χ3n) is 5.07. The van der Waals surface area contributed by atoms with Gasteiger partial charge in [-0.25, -0.2) is 18.4 Å². The maximum atomic E-state index is 13.0. The summed E-state index contributed by atoms with van der Waals surface area (Å²) in [5.41, 5.74) is 3.98. The first-order valence-electron chi connectivity index (χ1n) is 10.0. The summed E-state index contributed by atoms with van der Waals surface area (Å²) >= 11 is 0. The number of hydrogen-bond acceptors (Lipinski definition) is 7. The molecular formula is C23H21N5O4S. The highest BCUT2D eigenvalue weighted by Crippen LogP contribution is 2.30. The summed E-state index contributed by atoms with van der Waals surface area (Å²) in [6.45, 7) is 5.70. The zero-order chi connectivity index (χ0) is 23.8. The topological polar surface area (TPSA) is 127 Å². The molecule has 0 atom stereocenters. The minimum absolute atomic E-state index is 0.0159. The monoisotopic (exact) mass is 463 g/mol. The highest BCUT2D eigenvalue weighted by molar-refractivity contribution is 7.92. The van der Waals surface area contributed by atoms with E-state index in [1.165, 1.54) is 30.3 Å². The van der Waals surface area contributed by atoms with E-state index >= 15 is 0 Å². The van der Waals surface area contributed by atoms with Crippen LogP contribution in [0.4, 0.5) is 23.0 Å². The van der Waals surface area contributed by atoms with Gasteiger partial charge in [0.25, 0.3) is 15.7 Å². The van der Waals surface area contributed by atoms with Gasteiger partial charge in [0.15, 0.2) is 11.6 Å². The Kier molecular flexibility index (Phi) is 5.69. The standard InChI is InChI=1S/C23H21N5O4S/c1-14-5-9-18(10-6-14)33(31,32)27-23-22(25-20-12-15(2)4-7-16(20)3)26-21-13-17(28(29)30)8-11-19(21)24-23/h4-13H,1-3H3,(H,24,27)(H,25,26). The predicted octanol–water partition coefficient (Wildman–Crippen LogP) is 5.01. The summed E-state index contributed by atoms with van der Waals surface area (Å²) in [6, 6.07) is 16.2. The van der Waals surface area contributed by atoms with E-state index in [1.807, 2.05) is 39.0 Å². The van der Waals surface area contributed by atoms with Crippen molar-refractivity contribution in [2.24, 2.45) is 0 Å². The van der Waals surface area contributed by atoms with Crippen LogP contribution in [0.25, 0.3) is 11.0 Å². The van der Waals surface area contributed by atoms with E-state index in [0.717, 1.165) is 16.7 Å². The van der Waals surface area contributed by atoms with Gasteiger partial charge in [0.2, 0.25) is 0 Å². The summed E-state index contributed by atoms with van der Waals surface area (Å²) in [6.07, 6.45) is 0. The smallest absolute Gasteiger partial charge is 0.271 e. The number of anilines is 3. The van der Waals surface area contributed by atoms with Crippen LogP contribution < -0.4 is 10.0 Å². The summed E-state index contributed by atoms with van der Waals surface area (Å²) in [4.78, 5) is 19.6. The van der Waals surface area contributed by atoms with E-state index in [-0.39, 0.29) is 27.7 Å². The Bertz CT molecular complexity index is 1490. The van der Waals surface area contributed by atoms with Crippen molar-refractivity contribution in [1.82, 2.24) is 9.97 Å². The molecule has 2 N–H and O–H groups in total. The van der Waals surface area contributed by atoms with Gasteiger partial charge >= 0.3 is 0 Å². The average molecular weight is 464 g/mol. The molecule has 9 nitrogen and oxygen atoms in total. The van der Waals surface area contributed by atoms with Crippen LogP contribution in [0.5, 0.6) is 0 Å². The summed E-state index contributed by atoms with van der Waals surface area (Å²) < 4.78 is 28.6. The van der Waals surface area contributed by atoms with Gasteiger partial charge in [-0.2, -0.15) is 0 Å². The molecule has 0 aliphatic rings. The minimum Gasteiger partial charge on any atom is -0.337 e. The van der Waals surface area contributed by atoms with Crippen LogP contribution in [-0.4, -0.2) is 23.3 Å². The quantitative estimate of drug-likeness (QED) is 0.304. The van der Waals surface area contributed by atoms with Crippen molar-refractivity contribution in [2.45, 2.75) is 25.7 Å². The van der Waals surface area contributed by atoms with Crippen LogP contribution in [0.15, 0.2) is 65.6 Å². The van der Waals surface area contributed by atoms with E-state index in [1.54, 1.807) is 12.1 Å². The van der Waals surface area contributed by atoms with Crippen molar-refractivity contribution in [3.8, 4) is 0 Å². The fraction of sp³-hybridized carbons (Fsp3) is 0.130. The predicted molar refractivity (Wildman–Crippen MR) is 127 cm³/mol. The van der Waals surface area contributed by atoms with Crippen LogP contribution >= 0.6 is 0 Å². The van der Waals surface area contributed by atoms with Gasteiger partial charge in [0, 0.05) is 17.8 Å². The highest BCUT2D eigenvalue weighted by atomic mass is 32.2. The van der Waals surface area contributed by atoms with Crippen LogP contribution in [-0.2, 0) is 10.0 Å². The van der Waals surface area contributed by atoms with E-state index in [0.29, 0.717) is 11.2 Å². The zero-order valence-electron chi connectivity index (χ0n) is 18.2. The van der Waals surface area contributed by atoms with Crippen LogP contribution in [0.1, 0.15) is 16.7 Å². The molecular weight excluding hydrogens is 442 g/mol. The number of rotatable bonds is 6. The van der Waals surface area contributed by atoms with Gasteiger partial charge in [-0.1, -0.05) is 29.8 Å². The number of aromatic nitrogens is 2. The first-order chi connectivity index (χ1) is 15.6. The van der Waals surface area contributed by atoms with Gasteiger partial charge in [-0.05, 0) is 56.2 Å². The van der Waals surface area contributed by atoms with Crippen LogP contribution in [0.3, 0.4) is 0 Å². The maximum absolute atomic E-state index is 13.0. The largest absolute Gasteiger partial charge is 0.337 e. The molecule has 3 aromatic carbocycles. The number of nitro groups is 1. The molecule has 0 radical (unpaired) electrons. The Morgan fingerprint density at radius 2 is 1.48 bits per heavy atom. The molecule has 4 rings (SSSR count). The SMILES string of the molecule is Cc1ccc(S(=O)(=O)Nc2nc3ccc([N+](=O)[O-])cc3nc2Nc2cc(C)ccc2C)cc1. The van der Waals surface area contributed by atoms with Crippen LogP contribution in [0.2, 0.25) is 0 Å². The first kappa shape index (κ1) is 22.2. The molecule has 0 aliphatic carbocycles. The molecule has 10 heteroatoms. The van der Waals surface area contributed by atoms with Gasteiger partial charge in [0.1, 0.15) is 0 Å². The molecule has 1 aromatic heterocycles. The highest BCUT2D eigenvalue weighted by Gasteiger charge is 2.20. The number of non-ortho nitro benzene ring substituents is 1. The lowest BCUT2D eigenvalue weighted by Gasteiger charge is -2.15. The fourth-order valence-electron chi connectivity index (χ4n) is 3.22.